The molecule has 0 amide bonds. The Labute approximate surface area is 163 Å². The molecule has 0 N–H and O–H groups in total. The zero-order valence-corrected chi connectivity index (χ0v) is 16.6. The lowest BCUT2D eigenvalue weighted by Gasteiger charge is -2.39. The van der Waals surface area contributed by atoms with E-state index in [9.17, 15) is 0 Å². The van der Waals surface area contributed by atoms with Crippen LogP contribution >= 0.6 is 0 Å². The van der Waals surface area contributed by atoms with Crippen LogP contribution in [0.25, 0.3) is 0 Å². The number of morpholine rings is 1. The molecular weight excluding hydrogens is 346 g/mol. The van der Waals surface area contributed by atoms with E-state index in [2.05, 4.69) is 17.6 Å². The van der Waals surface area contributed by atoms with Crippen LogP contribution in [-0.4, -0.2) is 76.1 Å². The van der Waals surface area contributed by atoms with E-state index in [4.69, 9.17) is 23.7 Å². The van der Waals surface area contributed by atoms with E-state index in [-0.39, 0.29) is 18.5 Å². The molecule has 1 saturated carbocycles. The Morgan fingerprint density at radius 1 is 1.15 bits per heavy atom. The molecule has 1 unspecified atom stereocenters. The number of rotatable bonds is 9. The van der Waals surface area contributed by atoms with E-state index in [1.165, 1.54) is 6.42 Å². The number of allylic oxidation sites excluding steroid dienone is 1. The summed E-state index contributed by atoms with van der Waals surface area (Å²) in [4.78, 5) is 2.53. The Bertz CT molecular complexity index is 459. The predicted molar refractivity (Wildman–Crippen MR) is 103 cm³/mol. The lowest BCUT2D eigenvalue weighted by atomic mass is 9.95. The van der Waals surface area contributed by atoms with Crippen LogP contribution in [0.15, 0.2) is 25.0 Å². The first-order chi connectivity index (χ1) is 13.3. The van der Waals surface area contributed by atoms with Crippen LogP contribution < -0.4 is 0 Å². The Kier molecular flexibility index (Phi) is 8.61. The van der Waals surface area contributed by atoms with Gasteiger partial charge in [0, 0.05) is 38.1 Å². The third-order valence-electron chi connectivity index (χ3n) is 5.76. The highest BCUT2D eigenvalue weighted by molar-refractivity contribution is 5.02. The molecule has 27 heavy (non-hydrogen) atoms. The molecular formula is C21H35NO5. The summed E-state index contributed by atoms with van der Waals surface area (Å²) >= 11 is 0. The molecule has 3 aliphatic rings. The molecule has 6 heteroatoms. The van der Waals surface area contributed by atoms with Gasteiger partial charge in [0.1, 0.15) is 0 Å². The number of ether oxygens (including phenoxy) is 5. The number of hydrogen-bond donors (Lipinski definition) is 0. The second-order valence-electron chi connectivity index (χ2n) is 7.51. The zero-order chi connectivity index (χ0) is 18.9. The van der Waals surface area contributed by atoms with Crippen LogP contribution in [0.1, 0.15) is 32.1 Å². The number of methoxy groups -OCH3 is 1. The van der Waals surface area contributed by atoms with Crippen molar-refractivity contribution in [3.05, 3.63) is 25.0 Å². The molecule has 3 rings (SSSR count). The average Bonchev–Trinajstić information content (AvgIpc) is 3.05. The minimum atomic E-state index is -0.0828. The minimum absolute atomic E-state index is 0.0828. The summed E-state index contributed by atoms with van der Waals surface area (Å²) in [5.74, 6) is 0.350. The Morgan fingerprint density at radius 3 is 2.70 bits per heavy atom. The van der Waals surface area contributed by atoms with E-state index in [1.807, 2.05) is 6.08 Å². The van der Waals surface area contributed by atoms with Crippen molar-refractivity contribution < 1.29 is 23.7 Å². The lowest BCUT2D eigenvalue weighted by molar-refractivity contribution is -0.200. The first-order valence-electron chi connectivity index (χ1n) is 10.3. The maximum Gasteiger partial charge on any atom is 0.158 e. The predicted octanol–water partition coefficient (Wildman–Crippen LogP) is 2.74. The van der Waals surface area contributed by atoms with Crippen molar-refractivity contribution in [3.63, 3.8) is 0 Å². The molecule has 5 atom stereocenters. The average molecular weight is 382 g/mol. The van der Waals surface area contributed by atoms with Gasteiger partial charge in [-0.1, -0.05) is 6.08 Å². The quantitative estimate of drug-likeness (QED) is 0.452. The minimum Gasteiger partial charge on any atom is -0.505 e. The van der Waals surface area contributed by atoms with Crippen molar-refractivity contribution in [3.8, 4) is 0 Å². The molecule has 0 spiro atoms. The van der Waals surface area contributed by atoms with Crippen molar-refractivity contribution in [2.75, 3.05) is 46.6 Å². The van der Waals surface area contributed by atoms with Gasteiger partial charge in [0.15, 0.2) is 6.29 Å². The number of nitrogens with zero attached hydrogens (tertiary/aromatic N) is 1. The van der Waals surface area contributed by atoms with Gasteiger partial charge in [0.05, 0.1) is 45.4 Å². The van der Waals surface area contributed by atoms with Crippen LogP contribution in [0, 0.1) is 5.92 Å². The fraction of sp³-hybridized carbons (Fsp3) is 0.810. The molecule has 154 valence electrons. The largest absolute Gasteiger partial charge is 0.505 e. The van der Waals surface area contributed by atoms with E-state index in [0.717, 1.165) is 58.6 Å². The van der Waals surface area contributed by atoms with E-state index < -0.39 is 0 Å². The second kappa shape index (κ2) is 11.2. The van der Waals surface area contributed by atoms with E-state index in [1.54, 1.807) is 13.4 Å². The van der Waals surface area contributed by atoms with Crippen molar-refractivity contribution in [2.24, 2.45) is 5.92 Å². The monoisotopic (exact) mass is 381 g/mol. The molecule has 0 bridgehead atoms. The lowest BCUT2D eigenvalue weighted by Crippen LogP contribution is -2.51. The molecule has 0 aromatic carbocycles. The summed E-state index contributed by atoms with van der Waals surface area (Å²) in [5.41, 5.74) is 0. The van der Waals surface area contributed by atoms with Crippen LogP contribution in [0.5, 0.6) is 0 Å². The van der Waals surface area contributed by atoms with Gasteiger partial charge in [0.2, 0.25) is 0 Å². The molecule has 0 aromatic heterocycles. The summed E-state index contributed by atoms with van der Waals surface area (Å²) < 4.78 is 29.2. The SMILES string of the molecule is C=CCO[C@H]1C[C@@H](OC2CCCCO2)[C@H](N2CCOCC2)[C@H]1CC=COC. The standard InChI is InChI=1S/C21H35NO5/c1-3-11-25-18-16-19(27-20-8-4-5-13-26-20)21(17(18)7-6-12-23-2)22-9-14-24-15-10-22/h3,6,12,17-21H,1,4-5,7-11,13-16H2,2H3/t17-,18-,19+,20?,21+/m0/s1. The zero-order valence-electron chi connectivity index (χ0n) is 16.6. The molecule has 0 radical (unpaired) electrons. The van der Waals surface area contributed by atoms with Crippen LogP contribution in [0.4, 0.5) is 0 Å². The fourth-order valence-corrected chi connectivity index (χ4v) is 4.55. The van der Waals surface area contributed by atoms with Gasteiger partial charge in [-0.2, -0.15) is 0 Å². The maximum atomic E-state index is 6.50. The summed E-state index contributed by atoms with van der Waals surface area (Å²) in [6.07, 6.45) is 10.9. The molecule has 0 aromatic rings. The normalized spacial score (nSPS) is 35.5. The van der Waals surface area contributed by atoms with E-state index >= 15 is 0 Å². The van der Waals surface area contributed by atoms with Crippen molar-refractivity contribution in [2.45, 2.75) is 56.6 Å². The summed E-state index contributed by atoms with van der Waals surface area (Å²) in [6, 6.07) is 0.302. The highest BCUT2D eigenvalue weighted by Crippen LogP contribution is 2.39. The third kappa shape index (κ3) is 5.78. The maximum absolute atomic E-state index is 6.50. The summed E-state index contributed by atoms with van der Waals surface area (Å²) in [5, 5.41) is 0. The highest BCUT2D eigenvalue weighted by Gasteiger charge is 2.47. The van der Waals surface area contributed by atoms with Gasteiger partial charge in [-0.05, 0) is 31.8 Å². The van der Waals surface area contributed by atoms with Crippen molar-refractivity contribution in [1.29, 1.82) is 0 Å². The first-order valence-corrected chi connectivity index (χ1v) is 10.3. The van der Waals surface area contributed by atoms with Gasteiger partial charge in [-0.25, -0.2) is 0 Å². The first kappa shape index (κ1) is 20.8. The fourth-order valence-electron chi connectivity index (χ4n) is 4.55. The van der Waals surface area contributed by atoms with Gasteiger partial charge in [-0.3, -0.25) is 4.90 Å². The second-order valence-corrected chi connectivity index (χ2v) is 7.51. The Hall–Kier alpha value is -0.920. The van der Waals surface area contributed by atoms with Crippen molar-refractivity contribution >= 4 is 0 Å². The third-order valence-corrected chi connectivity index (χ3v) is 5.76. The van der Waals surface area contributed by atoms with Crippen LogP contribution in [-0.2, 0) is 23.7 Å². The van der Waals surface area contributed by atoms with E-state index in [0.29, 0.717) is 18.6 Å². The van der Waals surface area contributed by atoms with Gasteiger partial charge >= 0.3 is 0 Å². The molecule has 3 fully saturated rings. The number of hydrogen-bond acceptors (Lipinski definition) is 6. The Balaban J connectivity index is 1.74. The van der Waals surface area contributed by atoms with Gasteiger partial charge in [0.25, 0.3) is 0 Å². The van der Waals surface area contributed by atoms with Crippen LogP contribution in [0.3, 0.4) is 0 Å². The Morgan fingerprint density at radius 2 is 2.00 bits per heavy atom. The smallest absolute Gasteiger partial charge is 0.158 e. The molecule has 2 heterocycles. The highest BCUT2D eigenvalue weighted by atomic mass is 16.7. The van der Waals surface area contributed by atoms with Gasteiger partial charge < -0.3 is 23.7 Å². The molecule has 1 aliphatic carbocycles. The molecule has 2 aliphatic heterocycles. The summed E-state index contributed by atoms with van der Waals surface area (Å²) in [7, 11) is 1.68. The van der Waals surface area contributed by atoms with Crippen molar-refractivity contribution in [1.82, 2.24) is 4.90 Å². The molecule has 6 nitrogen and oxygen atoms in total. The topological polar surface area (TPSA) is 49.4 Å². The van der Waals surface area contributed by atoms with Gasteiger partial charge in [-0.15, -0.1) is 6.58 Å². The molecule has 2 saturated heterocycles. The van der Waals surface area contributed by atoms with Crippen LogP contribution in [0.2, 0.25) is 0 Å². The summed E-state index contributed by atoms with van der Waals surface area (Å²) in [6.45, 7) is 8.61.